The molecule has 0 N–H and O–H groups in total. The van der Waals surface area contributed by atoms with Crippen molar-refractivity contribution in [3.63, 3.8) is 0 Å². The van der Waals surface area contributed by atoms with Crippen LogP contribution in [0.3, 0.4) is 0 Å². The van der Waals surface area contributed by atoms with Crippen LogP contribution in [0.25, 0.3) is 0 Å². The molecule has 0 aliphatic carbocycles. The van der Waals surface area contributed by atoms with Crippen LogP contribution in [0.2, 0.25) is 0 Å². The van der Waals surface area contributed by atoms with Gasteiger partial charge in [0.25, 0.3) is 0 Å². The summed E-state index contributed by atoms with van der Waals surface area (Å²) < 4.78 is 0. The van der Waals surface area contributed by atoms with Crippen molar-refractivity contribution in [1.29, 1.82) is 0 Å². The lowest BCUT2D eigenvalue weighted by atomic mass is 10.1. The molecule has 0 spiro atoms. The maximum atomic E-state index is 4.28. The molecule has 1 fully saturated rings. The van der Waals surface area contributed by atoms with Gasteiger partial charge in [-0.15, -0.1) is 0 Å². The first-order valence-electron chi connectivity index (χ1n) is 4.62. The first-order valence-corrected chi connectivity index (χ1v) is 5.25. The van der Waals surface area contributed by atoms with Crippen molar-refractivity contribution in [2.24, 2.45) is 0 Å². The van der Waals surface area contributed by atoms with Gasteiger partial charge in [-0.25, -0.2) is 0 Å². The van der Waals surface area contributed by atoms with E-state index < -0.39 is 0 Å². The topological polar surface area (TPSA) is 3.24 Å². The van der Waals surface area contributed by atoms with Gasteiger partial charge in [-0.05, 0) is 45.4 Å². The Balaban J connectivity index is 2.37. The standard InChI is InChI=1S/C9H19NS/c1-8(2)10-6-3-4-9(10)5-7-11/h8-9,11H,3-7H2,1-2H3. The molecule has 0 aromatic rings. The van der Waals surface area contributed by atoms with E-state index >= 15 is 0 Å². The number of likely N-dealkylation sites (tertiary alicyclic amines) is 1. The van der Waals surface area contributed by atoms with Crippen molar-refractivity contribution in [3.05, 3.63) is 0 Å². The van der Waals surface area contributed by atoms with Gasteiger partial charge in [-0.2, -0.15) is 12.6 Å². The van der Waals surface area contributed by atoms with Gasteiger partial charge < -0.3 is 0 Å². The van der Waals surface area contributed by atoms with Crippen LogP contribution in [0.1, 0.15) is 33.1 Å². The van der Waals surface area contributed by atoms with Crippen LogP contribution in [-0.4, -0.2) is 29.3 Å². The quantitative estimate of drug-likeness (QED) is 0.640. The highest BCUT2D eigenvalue weighted by molar-refractivity contribution is 7.80. The van der Waals surface area contributed by atoms with E-state index in [4.69, 9.17) is 0 Å². The van der Waals surface area contributed by atoms with E-state index in [9.17, 15) is 0 Å². The van der Waals surface area contributed by atoms with E-state index in [0.717, 1.165) is 17.8 Å². The van der Waals surface area contributed by atoms with Crippen molar-refractivity contribution >= 4 is 12.6 Å². The van der Waals surface area contributed by atoms with Crippen LogP contribution in [-0.2, 0) is 0 Å². The van der Waals surface area contributed by atoms with E-state index in [1.54, 1.807) is 0 Å². The lowest BCUT2D eigenvalue weighted by Crippen LogP contribution is -2.35. The summed E-state index contributed by atoms with van der Waals surface area (Å²) >= 11 is 4.28. The van der Waals surface area contributed by atoms with Gasteiger partial charge >= 0.3 is 0 Å². The first-order chi connectivity index (χ1) is 5.25. The van der Waals surface area contributed by atoms with Gasteiger partial charge in [0.05, 0.1) is 0 Å². The Labute approximate surface area is 75.6 Å². The largest absolute Gasteiger partial charge is 0.298 e. The van der Waals surface area contributed by atoms with Gasteiger partial charge in [0, 0.05) is 12.1 Å². The normalized spacial score (nSPS) is 26.7. The summed E-state index contributed by atoms with van der Waals surface area (Å²) in [5.41, 5.74) is 0. The fourth-order valence-corrected chi connectivity index (χ4v) is 2.29. The minimum absolute atomic E-state index is 0.724. The second kappa shape index (κ2) is 4.36. The third-order valence-corrected chi connectivity index (χ3v) is 2.81. The summed E-state index contributed by atoms with van der Waals surface area (Å²) in [4.78, 5) is 2.61. The van der Waals surface area contributed by atoms with Crippen molar-refractivity contribution in [2.45, 2.75) is 45.2 Å². The number of rotatable bonds is 3. The summed E-state index contributed by atoms with van der Waals surface area (Å²) in [6.07, 6.45) is 4.04. The van der Waals surface area contributed by atoms with Crippen LogP contribution in [0.15, 0.2) is 0 Å². The minimum Gasteiger partial charge on any atom is -0.298 e. The van der Waals surface area contributed by atoms with Crippen molar-refractivity contribution in [1.82, 2.24) is 4.90 Å². The van der Waals surface area contributed by atoms with Crippen LogP contribution >= 0.6 is 12.6 Å². The molecule has 11 heavy (non-hydrogen) atoms. The molecule has 0 aromatic carbocycles. The van der Waals surface area contributed by atoms with Gasteiger partial charge in [0.15, 0.2) is 0 Å². The number of nitrogens with zero attached hydrogens (tertiary/aromatic N) is 1. The van der Waals surface area contributed by atoms with Crippen molar-refractivity contribution in [3.8, 4) is 0 Å². The summed E-state index contributed by atoms with van der Waals surface area (Å²) in [5.74, 6) is 1.04. The number of thiol groups is 1. The molecule has 1 aliphatic heterocycles. The molecule has 1 rings (SSSR count). The molecule has 1 heterocycles. The van der Waals surface area contributed by atoms with E-state index in [2.05, 4.69) is 31.4 Å². The predicted octanol–water partition coefficient (Wildman–Crippen LogP) is 2.18. The highest BCUT2D eigenvalue weighted by atomic mass is 32.1. The molecule has 1 aliphatic rings. The zero-order chi connectivity index (χ0) is 8.27. The maximum Gasteiger partial charge on any atom is 0.0106 e. The predicted molar refractivity (Wildman–Crippen MR) is 53.3 cm³/mol. The van der Waals surface area contributed by atoms with Gasteiger partial charge in [-0.1, -0.05) is 0 Å². The van der Waals surface area contributed by atoms with Crippen LogP contribution in [0.5, 0.6) is 0 Å². The molecule has 66 valence electrons. The summed E-state index contributed by atoms with van der Waals surface area (Å²) in [7, 11) is 0. The highest BCUT2D eigenvalue weighted by Gasteiger charge is 2.25. The Hall–Kier alpha value is 0.310. The Morgan fingerprint density at radius 1 is 1.55 bits per heavy atom. The van der Waals surface area contributed by atoms with Gasteiger partial charge in [0.1, 0.15) is 0 Å². The Morgan fingerprint density at radius 3 is 2.82 bits per heavy atom. The fourth-order valence-electron chi connectivity index (χ4n) is 2.00. The van der Waals surface area contributed by atoms with E-state index in [1.807, 2.05) is 0 Å². The van der Waals surface area contributed by atoms with E-state index in [0.29, 0.717) is 0 Å². The molecule has 0 aromatic heterocycles. The lowest BCUT2D eigenvalue weighted by molar-refractivity contribution is 0.200. The Bertz CT molecular complexity index is 114. The van der Waals surface area contributed by atoms with E-state index in [-0.39, 0.29) is 0 Å². The molecule has 1 atom stereocenters. The minimum atomic E-state index is 0.724. The average molecular weight is 173 g/mol. The third-order valence-electron chi connectivity index (χ3n) is 2.55. The molecule has 2 heteroatoms. The highest BCUT2D eigenvalue weighted by Crippen LogP contribution is 2.22. The zero-order valence-corrected chi connectivity index (χ0v) is 8.48. The molecule has 0 radical (unpaired) electrons. The molecule has 1 nitrogen and oxygen atoms in total. The molecule has 1 saturated heterocycles. The Kier molecular flexibility index (Phi) is 3.73. The van der Waals surface area contributed by atoms with Gasteiger partial charge in [-0.3, -0.25) is 4.90 Å². The first kappa shape index (κ1) is 9.40. The second-order valence-electron chi connectivity index (χ2n) is 3.64. The maximum absolute atomic E-state index is 4.28. The summed E-state index contributed by atoms with van der Waals surface area (Å²) in [6.45, 7) is 5.88. The lowest BCUT2D eigenvalue weighted by Gasteiger charge is -2.27. The molecule has 0 saturated carbocycles. The third kappa shape index (κ3) is 2.38. The Morgan fingerprint density at radius 2 is 2.27 bits per heavy atom. The monoisotopic (exact) mass is 173 g/mol. The van der Waals surface area contributed by atoms with Crippen molar-refractivity contribution in [2.75, 3.05) is 12.3 Å². The molecule has 0 bridgehead atoms. The van der Waals surface area contributed by atoms with Crippen LogP contribution < -0.4 is 0 Å². The SMILES string of the molecule is CC(C)N1CCCC1CCS. The zero-order valence-electron chi connectivity index (χ0n) is 7.58. The molecule has 0 amide bonds. The summed E-state index contributed by atoms with van der Waals surface area (Å²) in [6, 6.07) is 1.55. The van der Waals surface area contributed by atoms with Crippen LogP contribution in [0, 0.1) is 0 Å². The molecular formula is C9H19NS. The smallest absolute Gasteiger partial charge is 0.0106 e. The van der Waals surface area contributed by atoms with E-state index in [1.165, 1.54) is 25.8 Å². The molecule has 1 unspecified atom stereocenters. The second-order valence-corrected chi connectivity index (χ2v) is 4.09. The number of hydrogen-bond acceptors (Lipinski definition) is 2. The van der Waals surface area contributed by atoms with Gasteiger partial charge in [0.2, 0.25) is 0 Å². The molecular weight excluding hydrogens is 154 g/mol. The van der Waals surface area contributed by atoms with Crippen LogP contribution in [0.4, 0.5) is 0 Å². The number of hydrogen-bond donors (Lipinski definition) is 1. The average Bonchev–Trinajstić information content (AvgIpc) is 2.36. The fraction of sp³-hybridized carbons (Fsp3) is 1.00. The summed E-state index contributed by atoms with van der Waals surface area (Å²) in [5, 5.41) is 0. The van der Waals surface area contributed by atoms with Crippen molar-refractivity contribution < 1.29 is 0 Å².